The molecule has 1 unspecified atom stereocenters. The smallest absolute Gasteiger partial charge is 0.330 e. The average Bonchev–Trinajstić information content (AvgIpc) is 3.24. The van der Waals surface area contributed by atoms with Gasteiger partial charge in [-0.3, -0.25) is 0 Å². The maximum Gasteiger partial charge on any atom is 0.330 e. The molecule has 0 fully saturated rings. The minimum Gasteiger partial charge on any atom is -0.464 e. The summed E-state index contributed by atoms with van der Waals surface area (Å²) in [7, 11) is 0. The second-order valence-corrected chi connectivity index (χ2v) is 12.1. The fourth-order valence-corrected chi connectivity index (χ4v) is 6.90. The van der Waals surface area contributed by atoms with Crippen molar-refractivity contribution in [2.45, 2.75) is 82.0 Å². The fraction of sp³-hybridized carbons (Fsp3) is 0.432. The molecule has 4 atom stereocenters. The lowest BCUT2D eigenvalue weighted by Gasteiger charge is -2.39. The molecule has 0 saturated carbocycles. The first-order valence-electron chi connectivity index (χ1n) is 15.7. The van der Waals surface area contributed by atoms with E-state index in [0.29, 0.717) is 26.1 Å². The Labute approximate surface area is 254 Å². The third kappa shape index (κ3) is 6.28. The lowest BCUT2D eigenvalue weighted by Crippen LogP contribution is -2.48. The summed E-state index contributed by atoms with van der Waals surface area (Å²) in [5.74, 6) is 0.641. The van der Waals surface area contributed by atoms with E-state index in [1.165, 1.54) is 46.7 Å². The molecule has 3 aromatic carbocycles. The Morgan fingerprint density at radius 3 is 2.58 bits per heavy atom. The predicted molar refractivity (Wildman–Crippen MR) is 165 cm³/mol. The van der Waals surface area contributed by atoms with Crippen molar-refractivity contribution in [1.29, 1.82) is 0 Å². The van der Waals surface area contributed by atoms with Crippen LogP contribution in [-0.4, -0.2) is 38.2 Å². The van der Waals surface area contributed by atoms with Crippen LogP contribution in [0.1, 0.15) is 78.3 Å². The van der Waals surface area contributed by atoms with Gasteiger partial charge in [0.1, 0.15) is 5.75 Å². The number of esters is 1. The highest BCUT2D eigenvalue weighted by atomic mass is 17.2. The van der Waals surface area contributed by atoms with Crippen LogP contribution >= 0.6 is 0 Å². The zero-order valence-corrected chi connectivity index (χ0v) is 25.1. The number of unbranched alkanes of at least 4 members (excludes halogenated alkanes) is 1. The molecule has 3 aliphatic rings. The standard InChI is InChI=1S/C37H42O6/c1-3-33(38)39-23-11-12-24-40-41-25-37(2,28-15-5-4-6-16-28)36-42-31-21-19-26-13-7-9-17-29(26)34(31)35-30-18-10-8-14-27(30)20-22-32(35)43-36/h3-7,9,13,15-17,20,22,31,34,36H,1,8,10-12,14,18-19,21,23-25H2,2H3/t31-,34+,36?,37-/m1/s1. The number of benzene rings is 3. The maximum absolute atomic E-state index is 11.2. The number of hydrogen-bond acceptors (Lipinski definition) is 6. The van der Waals surface area contributed by atoms with Crippen LogP contribution < -0.4 is 4.74 Å². The molecule has 0 aromatic heterocycles. The van der Waals surface area contributed by atoms with Crippen molar-refractivity contribution < 1.29 is 28.8 Å². The summed E-state index contributed by atoms with van der Waals surface area (Å²) in [6, 6.07) is 23.6. The quantitative estimate of drug-likeness (QED) is 0.0786. The van der Waals surface area contributed by atoms with Gasteiger partial charge in [-0.15, -0.1) is 0 Å². The van der Waals surface area contributed by atoms with Crippen molar-refractivity contribution in [2.24, 2.45) is 0 Å². The summed E-state index contributed by atoms with van der Waals surface area (Å²) in [4.78, 5) is 22.8. The summed E-state index contributed by atoms with van der Waals surface area (Å²) >= 11 is 0. The number of rotatable bonds is 11. The lowest BCUT2D eigenvalue weighted by molar-refractivity contribution is -0.315. The molecule has 2 aliphatic carbocycles. The third-order valence-corrected chi connectivity index (χ3v) is 9.27. The highest BCUT2D eigenvalue weighted by Crippen LogP contribution is 2.50. The highest BCUT2D eigenvalue weighted by molar-refractivity contribution is 5.81. The molecule has 0 N–H and O–H groups in total. The Kier molecular flexibility index (Phi) is 9.27. The van der Waals surface area contributed by atoms with Gasteiger partial charge in [-0.25, -0.2) is 14.6 Å². The number of fused-ring (bicyclic) bond motifs is 7. The lowest BCUT2D eigenvalue weighted by atomic mass is 9.73. The van der Waals surface area contributed by atoms with Crippen LogP contribution in [0, 0.1) is 0 Å². The first kappa shape index (κ1) is 29.6. The molecular formula is C37H42O6. The molecule has 43 heavy (non-hydrogen) atoms. The van der Waals surface area contributed by atoms with Gasteiger partial charge in [0, 0.05) is 17.6 Å². The first-order valence-corrected chi connectivity index (χ1v) is 15.7. The largest absolute Gasteiger partial charge is 0.464 e. The van der Waals surface area contributed by atoms with E-state index in [4.69, 9.17) is 24.0 Å². The third-order valence-electron chi connectivity index (χ3n) is 9.27. The summed E-state index contributed by atoms with van der Waals surface area (Å²) in [6.07, 6.45) is 8.51. The summed E-state index contributed by atoms with van der Waals surface area (Å²) < 4.78 is 19.1. The van der Waals surface area contributed by atoms with Crippen molar-refractivity contribution in [3.63, 3.8) is 0 Å². The molecule has 6 rings (SSSR count). The molecule has 1 aliphatic heterocycles. The van der Waals surface area contributed by atoms with E-state index < -0.39 is 17.7 Å². The van der Waals surface area contributed by atoms with E-state index in [-0.39, 0.29) is 18.6 Å². The summed E-state index contributed by atoms with van der Waals surface area (Å²) in [5, 5.41) is 0. The van der Waals surface area contributed by atoms with Crippen LogP contribution in [0.5, 0.6) is 5.75 Å². The molecule has 3 aromatic rings. The minimum atomic E-state index is -0.653. The monoisotopic (exact) mass is 582 g/mol. The van der Waals surface area contributed by atoms with Gasteiger partial charge in [0.15, 0.2) is 0 Å². The summed E-state index contributed by atoms with van der Waals surface area (Å²) in [5.41, 5.74) is 7.42. The van der Waals surface area contributed by atoms with E-state index in [1.54, 1.807) is 0 Å². The molecule has 226 valence electrons. The molecule has 1 heterocycles. The van der Waals surface area contributed by atoms with Crippen molar-refractivity contribution in [2.75, 3.05) is 19.8 Å². The Bertz CT molecular complexity index is 1420. The SMILES string of the molecule is C=CC(=O)OCCCCOOC[C@](C)(c1ccccc1)C1Oc2ccc3c(c2[C@H]2c4ccccc4CC[C@H]2O1)CCCC3. The number of aryl methyl sites for hydroxylation is 2. The van der Waals surface area contributed by atoms with Gasteiger partial charge in [0.2, 0.25) is 6.29 Å². The van der Waals surface area contributed by atoms with E-state index >= 15 is 0 Å². The molecule has 0 spiro atoms. The van der Waals surface area contributed by atoms with Crippen LogP contribution in [-0.2, 0) is 48.7 Å². The van der Waals surface area contributed by atoms with Crippen LogP contribution in [0.3, 0.4) is 0 Å². The normalized spacial score (nSPS) is 21.9. The zero-order chi connectivity index (χ0) is 29.6. The van der Waals surface area contributed by atoms with Crippen LogP contribution in [0.2, 0.25) is 0 Å². The number of carbonyl (C=O) groups excluding carboxylic acids is 1. The topological polar surface area (TPSA) is 63.2 Å². The van der Waals surface area contributed by atoms with E-state index in [1.807, 2.05) is 18.2 Å². The van der Waals surface area contributed by atoms with E-state index in [9.17, 15) is 4.79 Å². The maximum atomic E-state index is 11.2. The minimum absolute atomic E-state index is 0.0168. The highest BCUT2D eigenvalue weighted by Gasteiger charge is 2.47. The zero-order valence-electron chi connectivity index (χ0n) is 25.1. The van der Waals surface area contributed by atoms with Gasteiger partial charge in [-0.1, -0.05) is 67.2 Å². The molecule has 0 bridgehead atoms. The van der Waals surface area contributed by atoms with Gasteiger partial charge in [0.05, 0.1) is 31.3 Å². The van der Waals surface area contributed by atoms with Crippen molar-refractivity contribution in [3.05, 3.63) is 113 Å². The first-order chi connectivity index (χ1) is 21.1. The van der Waals surface area contributed by atoms with Crippen LogP contribution in [0.4, 0.5) is 0 Å². The van der Waals surface area contributed by atoms with Gasteiger partial charge < -0.3 is 14.2 Å². The Hall–Kier alpha value is -3.45. The van der Waals surface area contributed by atoms with Crippen LogP contribution in [0.15, 0.2) is 79.4 Å². The second kappa shape index (κ2) is 13.5. The van der Waals surface area contributed by atoms with Crippen molar-refractivity contribution in [3.8, 4) is 5.75 Å². The molecule has 0 amide bonds. The fourth-order valence-electron chi connectivity index (χ4n) is 6.90. The molecule has 0 radical (unpaired) electrons. The number of hydrogen-bond donors (Lipinski definition) is 0. The molecule has 0 saturated heterocycles. The summed E-state index contributed by atoms with van der Waals surface area (Å²) in [6.45, 7) is 6.52. The van der Waals surface area contributed by atoms with Gasteiger partial charge in [-0.2, -0.15) is 0 Å². The Morgan fingerprint density at radius 2 is 1.72 bits per heavy atom. The van der Waals surface area contributed by atoms with Crippen LogP contribution in [0.25, 0.3) is 0 Å². The molecular weight excluding hydrogens is 540 g/mol. The second-order valence-electron chi connectivity index (χ2n) is 12.1. The van der Waals surface area contributed by atoms with E-state index in [0.717, 1.165) is 37.0 Å². The predicted octanol–water partition coefficient (Wildman–Crippen LogP) is 7.16. The van der Waals surface area contributed by atoms with Gasteiger partial charge in [0.25, 0.3) is 0 Å². The van der Waals surface area contributed by atoms with E-state index in [2.05, 4.69) is 62.0 Å². The van der Waals surface area contributed by atoms with Crippen molar-refractivity contribution in [1.82, 2.24) is 0 Å². The van der Waals surface area contributed by atoms with Gasteiger partial charge in [-0.05, 0) is 92.2 Å². The Balaban J connectivity index is 1.28. The number of carbonyl (C=O) groups is 1. The molecule has 6 nitrogen and oxygen atoms in total. The van der Waals surface area contributed by atoms with Gasteiger partial charge >= 0.3 is 5.97 Å². The average molecular weight is 583 g/mol. The van der Waals surface area contributed by atoms with Crippen molar-refractivity contribution >= 4 is 5.97 Å². The molecule has 6 heteroatoms. The number of ether oxygens (including phenoxy) is 3. The Morgan fingerprint density at radius 1 is 0.930 bits per heavy atom.